The smallest absolute Gasteiger partial charge is 0.343 e. The monoisotopic (exact) mass is 634 g/mol. The Kier molecular flexibility index (Phi) is 16.0. The number of ether oxygens (including phenoxy) is 2. The minimum atomic E-state index is -0.415. The van der Waals surface area contributed by atoms with E-state index in [0.717, 1.165) is 34.5 Å². The predicted molar refractivity (Wildman–Crippen MR) is 177 cm³/mol. The van der Waals surface area contributed by atoms with Gasteiger partial charge < -0.3 is 9.47 Å². The van der Waals surface area contributed by atoms with E-state index in [1.54, 1.807) is 36.4 Å². The van der Waals surface area contributed by atoms with Crippen LogP contribution < -0.4 is 9.47 Å². The molecule has 0 N–H and O–H groups in total. The Balaban J connectivity index is 1.28. The molecule has 0 bridgehead atoms. The number of hydrogen-bond acceptors (Lipinski definition) is 5. The number of halogens is 1. The average Bonchev–Trinajstić information content (AvgIpc) is 3.00. The van der Waals surface area contributed by atoms with E-state index in [4.69, 9.17) is 9.47 Å². The van der Waals surface area contributed by atoms with Crippen LogP contribution in [0.4, 0.5) is 11.4 Å². The highest BCUT2D eigenvalue weighted by molar-refractivity contribution is 9.10. The van der Waals surface area contributed by atoms with Crippen molar-refractivity contribution in [1.29, 1.82) is 0 Å². The molecule has 0 aliphatic rings. The molecule has 0 aliphatic carbocycles. The van der Waals surface area contributed by atoms with Crippen LogP contribution in [0.1, 0.15) is 113 Å². The molecule has 0 spiro atoms. The van der Waals surface area contributed by atoms with Crippen molar-refractivity contribution < 1.29 is 14.3 Å². The van der Waals surface area contributed by atoms with E-state index in [1.165, 1.54) is 83.5 Å². The number of carbonyl (C=O) groups excluding carboxylic acids is 1. The molecule has 0 amide bonds. The van der Waals surface area contributed by atoms with E-state index >= 15 is 0 Å². The van der Waals surface area contributed by atoms with E-state index in [1.807, 2.05) is 37.3 Å². The Morgan fingerprint density at radius 1 is 0.667 bits per heavy atom. The number of azo groups is 1. The molecule has 226 valence electrons. The molecule has 0 unspecified atom stereocenters. The lowest BCUT2D eigenvalue weighted by Gasteiger charge is -2.08. The van der Waals surface area contributed by atoms with Gasteiger partial charge in [0.05, 0.1) is 23.5 Å². The second kappa shape index (κ2) is 20.0. The summed E-state index contributed by atoms with van der Waals surface area (Å²) in [7, 11) is 0. The Labute approximate surface area is 261 Å². The van der Waals surface area contributed by atoms with Gasteiger partial charge in [0.2, 0.25) is 0 Å². The van der Waals surface area contributed by atoms with Crippen molar-refractivity contribution in [2.45, 2.75) is 104 Å². The molecule has 0 fully saturated rings. The summed E-state index contributed by atoms with van der Waals surface area (Å²) >= 11 is 3.37. The van der Waals surface area contributed by atoms with Crippen LogP contribution in [-0.4, -0.2) is 12.6 Å². The minimum Gasteiger partial charge on any atom is -0.494 e. The molecular weight excluding hydrogens is 588 g/mol. The first kappa shape index (κ1) is 33.5. The number of unbranched alkanes of at least 4 members (excludes halogenated alkanes) is 13. The Bertz CT molecular complexity index is 1210. The van der Waals surface area contributed by atoms with Gasteiger partial charge in [-0.25, -0.2) is 4.79 Å². The van der Waals surface area contributed by atoms with Crippen molar-refractivity contribution in [2.75, 3.05) is 6.61 Å². The summed E-state index contributed by atoms with van der Waals surface area (Å²) in [5.74, 6) is 0.950. The lowest BCUT2D eigenvalue weighted by molar-refractivity contribution is 0.0734. The van der Waals surface area contributed by atoms with E-state index in [9.17, 15) is 4.79 Å². The van der Waals surface area contributed by atoms with Crippen molar-refractivity contribution >= 4 is 33.3 Å². The van der Waals surface area contributed by atoms with Gasteiger partial charge in [0, 0.05) is 4.47 Å². The highest BCUT2D eigenvalue weighted by Gasteiger charge is 2.09. The molecule has 0 aromatic heterocycles. The van der Waals surface area contributed by atoms with Gasteiger partial charge >= 0.3 is 5.97 Å². The van der Waals surface area contributed by atoms with Gasteiger partial charge in [0.25, 0.3) is 0 Å². The van der Waals surface area contributed by atoms with Gasteiger partial charge in [-0.2, -0.15) is 10.2 Å². The van der Waals surface area contributed by atoms with Crippen LogP contribution in [0.3, 0.4) is 0 Å². The third-order valence-corrected chi connectivity index (χ3v) is 7.86. The maximum absolute atomic E-state index is 12.4. The Hall–Kier alpha value is -2.99. The molecule has 0 aliphatic heterocycles. The Morgan fingerprint density at radius 2 is 1.21 bits per heavy atom. The SMILES string of the molecule is CCCCCCCCCCCCCCCCOc1ccc(N=Nc2ccc(C(=O)Oc3ccc(Br)cc3)cc2)c(C)c1. The predicted octanol–water partition coefficient (Wildman–Crippen LogP) is 12.3. The number of benzene rings is 3. The quantitative estimate of drug-likeness (QED) is 0.0537. The van der Waals surface area contributed by atoms with E-state index in [0.29, 0.717) is 17.0 Å². The molecule has 3 aromatic carbocycles. The third-order valence-electron chi connectivity index (χ3n) is 7.34. The van der Waals surface area contributed by atoms with Crippen LogP contribution in [0.25, 0.3) is 0 Å². The normalized spacial score (nSPS) is 11.2. The number of nitrogens with zero attached hydrogens (tertiary/aromatic N) is 2. The first-order chi connectivity index (χ1) is 20.5. The van der Waals surface area contributed by atoms with Crippen molar-refractivity contribution in [2.24, 2.45) is 10.2 Å². The van der Waals surface area contributed by atoms with E-state index < -0.39 is 5.97 Å². The zero-order valence-electron chi connectivity index (χ0n) is 25.5. The number of esters is 1. The first-order valence-electron chi connectivity index (χ1n) is 15.8. The maximum Gasteiger partial charge on any atom is 0.343 e. The zero-order valence-corrected chi connectivity index (χ0v) is 27.0. The van der Waals surface area contributed by atoms with Crippen LogP contribution in [-0.2, 0) is 0 Å². The number of rotatable bonds is 20. The summed E-state index contributed by atoms with van der Waals surface area (Å²) in [6.07, 6.45) is 19.0. The fourth-order valence-electron chi connectivity index (χ4n) is 4.76. The molecule has 0 saturated heterocycles. The minimum absolute atomic E-state index is 0.415. The topological polar surface area (TPSA) is 60.2 Å². The van der Waals surface area contributed by atoms with Crippen LogP contribution >= 0.6 is 15.9 Å². The Morgan fingerprint density at radius 3 is 1.79 bits per heavy atom. The summed E-state index contributed by atoms with van der Waals surface area (Å²) in [5.41, 5.74) is 2.91. The molecule has 3 aromatic rings. The lowest BCUT2D eigenvalue weighted by Crippen LogP contribution is -2.07. The van der Waals surface area contributed by atoms with Crippen molar-refractivity contribution in [3.63, 3.8) is 0 Å². The molecule has 5 nitrogen and oxygen atoms in total. The fourth-order valence-corrected chi connectivity index (χ4v) is 5.03. The molecule has 6 heteroatoms. The molecule has 0 atom stereocenters. The van der Waals surface area contributed by atoms with Gasteiger partial charge in [-0.15, -0.1) is 0 Å². The summed E-state index contributed by atoms with van der Waals surface area (Å²) in [4.78, 5) is 12.4. The van der Waals surface area contributed by atoms with Crippen LogP contribution in [0.5, 0.6) is 11.5 Å². The highest BCUT2D eigenvalue weighted by Crippen LogP contribution is 2.27. The fraction of sp³-hybridized carbons (Fsp3) is 0.472. The van der Waals surface area contributed by atoms with Gasteiger partial charge in [-0.3, -0.25) is 0 Å². The summed E-state index contributed by atoms with van der Waals surface area (Å²) in [6.45, 7) is 5.03. The largest absolute Gasteiger partial charge is 0.494 e. The molecule has 42 heavy (non-hydrogen) atoms. The lowest BCUT2D eigenvalue weighted by atomic mass is 10.0. The third kappa shape index (κ3) is 13.3. The molecule has 0 saturated carbocycles. The van der Waals surface area contributed by atoms with E-state index in [2.05, 4.69) is 33.1 Å². The zero-order chi connectivity index (χ0) is 29.8. The first-order valence-corrected chi connectivity index (χ1v) is 16.6. The van der Waals surface area contributed by atoms with Crippen LogP contribution in [0.15, 0.2) is 81.4 Å². The standard InChI is InChI=1S/C36H47BrN2O3/c1-3-4-5-6-7-8-9-10-11-12-13-14-15-16-27-41-34-25-26-35(29(2)28-34)39-38-32-21-17-30(18-22-32)36(40)42-33-23-19-31(37)20-24-33/h17-26,28H,3-16,27H2,1-2H3. The summed E-state index contributed by atoms with van der Waals surface area (Å²) in [6, 6.07) is 19.9. The number of aryl methyl sites for hydroxylation is 1. The molecular formula is C36H47BrN2O3. The summed E-state index contributed by atoms with van der Waals surface area (Å²) in [5, 5.41) is 8.73. The van der Waals surface area contributed by atoms with Crippen LogP contribution in [0.2, 0.25) is 0 Å². The summed E-state index contributed by atoms with van der Waals surface area (Å²) < 4.78 is 12.3. The van der Waals surface area contributed by atoms with Gasteiger partial charge in [-0.05, 0) is 85.6 Å². The molecule has 0 radical (unpaired) electrons. The number of carbonyl (C=O) groups is 1. The molecule has 3 rings (SSSR count). The highest BCUT2D eigenvalue weighted by atomic mass is 79.9. The van der Waals surface area contributed by atoms with E-state index in [-0.39, 0.29) is 0 Å². The average molecular weight is 636 g/mol. The van der Waals surface area contributed by atoms with Crippen LogP contribution in [0, 0.1) is 6.92 Å². The second-order valence-electron chi connectivity index (χ2n) is 11.0. The second-order valence-corrected chi connectivity index (χ2v) is 11.9. The van der Waals surface area contributed by atoms with Crippen molar-refractivity contribution in [3.05, 3.63) is 82.3 Å². The van der Waals surface area contributed by atoms with Crippen molar-refractivity contribution in [1.82, 2.24) is 0 Å². The van der Waals surface area contributed by atoms with Crippen molar-refractivity contribution in [3.8, 4) is 11.5 Å². The molecule has 0 heterocycles. The van der Waals surface area contributed by atoms with Gasteiger partial charge in [-0.1, -0.05) is 106 Å². The maximum atomic E-state index is 12.4. The number of hydrogen-bond donors (Lipinski definition) is 0. The van der Waals surface area contributed by atoms with Gasteiger partial charge in [0.15, 0.2) is 0 Å². The van der Waals surface area contributed by atoms with Gasteiger partial charge in [0.1, 0.15) is 11.5 Å².